The lowest BCUT2D eigenvalue weighted by Gasteiger charge is -2.10. The molecule has 0 spiro atoms. The highest BCUT2D eigenvalue weighted by Crippen LogP contribution is 2.23. The molecule has 1 heterocycles. The van der Waals surface area contributed by atoms with Crippen molar-refractivity contribution >= 4 is 21.9 Å². The van der Waals surface area contributed by atoms with Crippen LogP contribution in [0.15, 0.2) is 22.7 Å². The predicted molar refractivity (Wildman–Crippen MR) is 72.3 cm³/mol. The molecule has 1 unspecified atom stereocenters. The van der Waals surface area contributed by atoms with Gasteiger partial charge in [0.2, 0.25) is 0 Å². The lowest BCUT2D eigenvalue weighted by Crippen LogP contribution is -2.14. The first-order chi connectivity index (χ1) is 9.45. The molecule has 1 aromatic carbocycles. The molecule has 2 aromatic rings. The fourth-order valence-electron chi connectivity index (χ4n) is 1.88. The van der Waals surface area contributed by atoms with Gasteiger partial charge in [-0.1, -0.05) is 22.9 Å². The fourth-order valence-corrected chi connectivity index (χ4v) is 2.34. The Morgan fingerprint density at radius 2 is 2.25 bits per heavy atom. The quantitative estimate of drug-likeness (QED) is 0.901. The molecule has 1 N–H and O–H groups in total. The van der Waals surface area contributed by atoms with E-state index in [1.54, 1.807) is 13.0 Å². The topological polar surface area (TPSA) is 80.9 Å². The number of aliphatic carboxylic acids is 1. The molecule has 0 amide bonds. The maximum absolute atomic E-state index is 13.4. The zero-order valence-electron chi connectivity index (χ0n) is 10.6. The van der Waals surface area contributed by atoms with Crippen molar-refractivity contribution in [3.8, 4) is 11.4 Å². The number of carboxylic acid groups (broad SMARTS) is 1. The Labute approximate surface area is 122 Å². The molecule has 0 saturated heterocycles. The van der Waals surface area contributed by atoms with E-state index in [2.05, 4.69) is 31.5 Å². The maximum atomic E-state index is 13.4. The summed E-state index contributed by atoms with van der Waals surface area (Å²) >= 11 is 3.21. The molecule has 0 bridgehead atoms. The van der Waals surface area contributed by atoms with Gasteiger partial charge in [0.15, 0.2) is 5.82 Å². The molecule has 0 aliphatic heterocycles. The SMILES string of the molecule is CC(CC(=O)O)Cn1nnnc1-c1cc(F)cc(Br)c1. The molecule has 0 aliphatic rings. The molecule has 1 atom stereocenters. The average molecular weight is 343 g/mol. The average Bonchev–Trinajstić information content (AvgIpc) is 2.74. The van der Waals surface area contributed by atoms with Gasteiger partial charge in [-0.05, 0) is 34.5 Å². The number of rotatable bonds is 5. The van der Waals surface area contributed by atoms with Crippen molar-refractivity contribution in [3.63, 3.8) is 0 Å². The van der Waals surface area contributed by atoms with Gasteiger partial charge < -0.3 is 5.11 Å². The van der Waals surface area contributed by atoms with Crippen LogP contribution < -0.4 is 0 Å². The minimum absolute atomic E-state index is 0.0200. The molecular formula is C12H12BrFN4O2. The van der Waals surface area contributed by atoms with Crippen LogP contribution in [0.2, 0.25) is 0 Å². The minimum Gasteiger partial charge on any atom is -0.481 e. The Bertz CT molecular complexity index is 611. The van der Waals surface area contributed by atoms with Crippen LogP contribution in [0.1, 0.15) is 13.3 Å². The molecule has 0 fully saturated rings. The Hall–Kier alpha value is -1.83. The number of tetrazole rings is 1. The van der Waals surface area contributed by atoms with Gasteiger partial charge >= 0.3 is 5.97 Å². The first-order valence-electron chi connectivity index (χ1n) is 5.90. The summed E-state index contributed by atoms with van der Waals surface area (Å²) in [4.78, 5) is 10.7. The molecule has 0 saturated carbocycles. The van der Waals surface area contributed by atoms with E-state index in [9.17, 15) is 9.18 Å². The lowest BCUT2D eigenvalue weighted by atomic mass is 10.1. The number of aromatic nitrogens is 4. The Kier molecular flexibility index (Phi) is 4.43. The lowest BCUT2D eigenvalue weighted by molar-refractivity contribution is -0.138. The normalized spacial score (nSPS) is 12.3. The Morgan fingerprint density at radius 3 is 2.90 bits per heavy atom. The molecule has 6 nitrogen and oxygen atoms in total. The second-order valence-corrected chi connectivity index (χ2v) is 5.46. The number of benzene rings is 1. The van der Waals surface area contributed by atoms with Crippen molar-refractivity contribution in [1.82, 2.24) is 20.2 Å². The zero-order chi connectivity index (χ0) is 14.7. The van der Waals surface area contributed by atoms with Gasteiger partial charge in [-0.25, -0.2) is 9.07 Å². The molecule has 0 aliphatic carbocycles. The van der Waals surface area contributed by atoms with E-state index in [4.69, 9.17) is 5.11 Å². The van der Waals surface area contributed by atoms with E-state index in [-0.39, 0.29) is 12.3 Å². The van der Waals surface area contributed by atoms with Crippen LogP contribution in [-0.2, 0) is 11.3 Å². The first kappa shape index (κ1) is 14.6. The van der Waals surface area contributed by atoms with E-state index >= 15 is 0 Å². The predicted octanol–water partition coefficient (Wildman–Crippen LogP) is 2.35. The molecular weight excluding hydrogens is 331 g/mol. The smallest absolute Gasteiger partial charge is 0.303 e. The van der Waals surface area contributed by atoms with Crippen molar-refractivity contribution in [2.24, 2.45) is 5.92 Å². The maximum Gasteiger partial charge on any atom is 0.303 e. The molecule has 20 heavy (non-hydrogen) atoms. The fraction of sp³-hybridized carbons (Fsp3) is 0.333. The number of carbonyl (C=O) groups is 1. The Balaban J connectivity index is 2.26. The summed E-state index contributed by atoms with van der Waals surface area (Å²) in [5.41, 5.74) is 0.532. The summed E-state index contributed by atoms with van der Waals surface area (Å²) in [5, 5.41) is 20.0. The van der Waals surface area contributed by atoms with Crippen molar-refractivity contribution < 1.29 is 14.3 Å². The van der Waals surface area contributed by atoms with Crippen LogP contribution in [-0.4, -0.2) is 31.3 Å². The molecule has 8 heteroatoms. The third-order valence-electron chi connectivity index (χ3n) is 2.66. The first-order valence-corrected chi connectivity index (χ1v) is 6.69. The summed E-state index contributed by atoms with van der Waals surface area (Å²) in [6.45, 7) is 2.14. The van der Waals surface area contributed by atoms with E-state index in [0.717, 1.165) is 0 Å². The van der Waals surface area contributed by atoms with Crippen molar-refractivity contribution in [1.29, 1.82) is 0 Å². The highest BCUT2D eigenvalue weighted by Gasteiger charge is 2.15. The second-order valence-electron chi connectivity index (χ2n) is 4.55. The zero-order valence-corrected chi connectivity index (χ0v) is 12.2. The molecule has 106 valence electrons. The number of halogens is 2. The van der Waals surface area contributed by atoms with Crippen molar-refractivity contribution in [3.05, 3.63) is 28.5 Å². The summed E-state index contributed by atoms with van der Waals surface area (Å²) in [5.74, 6) is -1.00. The third kappa shape index (κ3) is 3.60. The van der Waals surface area contributed by atoms with Crippen LogP contribution in [0.5, 0.6) is 0 Å². The van der Waals surface area contributed by atoms with Crippen molar-refractivity contribution in [2.45, 2.75) is 19.9 Å². The largest absolute Gasteiger partial charge is 0.481 e. The minimum atomic E-state index is -0.874. The van der Waals surface area contributed by atoms with Crippen molar-refractivity contribution in [2.75, 3.05) is 0 Å². The summed E-state index contributed by atoms with van der Waals surface area (Å²) in [7, 11) is 0. The highest BCUT2D eigenvalue weighted by atomic mass is 79.9. The summed E-state index contributed by atoms with van der Waals surface area (Å²) in [6, 6.07) is 4.37. The van der Waals surface area contributed by atoms with E-state index in [1.165, 1.54) is 16.8 Å². The molecule has 1 aromatic heterocycles. The van der Waals surface area contributed by atoms with Crippen LogP contribution >= 0.6 is 15.9 Å². The number of nitrogens with zero attached hydrogens (tertiary/aromatic N) is 4. The summed E-state index contributed by atoms with van der Waals surface area (Å²) in [6.07, 6.45) is 0.0200. The van der Waals surface area contributed by atoms with Gasteiger partial charge in [0.1, 0.15) is 5.82 Å². The van der Waals surface area contributed by atoms with Gasteiger partial charge in [0.25, 0.3) is 0 Å². The van der Waals surface area contributed by atoms with Crippen LogP contribution in [0.25, 0.3) is 11.4 Å². The Morgan fingerprint density at radius 1 is 1.50 bits per heavy atom. The van der Waals surface area contributed by atoms with E-state index < -0.39 is 11.8 Å². The van der Waals surface area contributed by atoms with E-state index in [1.807, 2.05) is 0 Å². The number of hydrogen-bond donors (Lipinski definition) is 1. The highest BCUT2D eigenvalue weighted by molar-refractivity contribution is 9.10. The van der Waals surface area contributed by atoms with Gasteiger partial charge in [0.05, 0.1) is 0 Å². The van der Waals surface area contributed by atoms with Gasteiger partial charge in [-0.2, -0.15) is 0 Å². The van der Waals surface area contributed by atoms with Gasteiger partial charge in [-0.15, -0.1) is 5.10 Å². The number of carboxylic acids is 1. The third-order valence-corrected chi connectivity index (χ3v) is 3.12. The monoisotopic (exact) mass is 342 g/mol. The van der Waals surface area contributed by atoms with E-state index in [0.29, 0.717) is 22.4 Å². The standard InChI is InChI=1S/C12H12BrFN4O2/c1-7(2-11(19)20)6-18-12(15-16-17-18)8-3-9(13)5-10(14)4-8/h3-5,7H,2,6H2,1H3,(H,19,20). The van der Waals surface area contributed by atoms with Crippen LogP contribution in [0.3, 0.4) is 0 Å². The molecule has 2 rings (SSSR count). The molecule has 0 radical (unpaired) electrons. The number of hydrogen-bond acceptors (Lipinski definition) is 4. The second kappa shape index (κ2) is 6.08. The summed E-state index contributed by atoms with van der Waals surface area (Å²) < 4.78 is 15.5. The van der Waals surface area contributed by atoms with Gasteiger partial charge in [0, 0.05) is 23.0 Å². The van der Waals surface area contributed by atoms with Crippen LogP contribution in [0.4, 0.5) is 4.39 Å². The van der Waals surface area contributed by atoms with Gasteiger partial charge in [-0.3, -0.25) is 4.79 Å². The van der Waals surface area contributed by atoms with Crippen LogP contribution in [0, 0.1) is 11.7 Å².